The van der Waals surface area contributed by atoms with Crippen LogP contribution in [0.1, 0.15) is 4.88 Å². The van der Waals surface area contributed by atoms with Crippen LogP contribution in [-0.2, 0) is 9.47 Å². The van der Waals surface area contributed by atoms with E-state index in [0.29, 0.717) is 80.0 Å². The second-order valence-electron chi connectivity index (χ2n) is 10.6. The Hall–Kier alpha value is -4.44. The zero-order valence-electron chi connectivity index (χ0n) is 25.9. The number of hydrogen-bond donors (Lipinski definition) is 2. The summed E-state index contributed by atoms with van der Waals surface area (Å²) >= 11 is 2.09. The summed E-state index contributed by atoms with van der Waals surface area (Å²) in [6, 6.07) is 11.9. The van der Waals surface area contributed by atoms with Crippen LogP contribution < -0.4 is 19.8 Å². The SMILES string of the molecule is C=N/C(=C\C=N/CNc1ccc(N2CCOCC2)nc1)c1sc(N2CCOCC2)nc1-c1ccc(F)c(NSc2c(F)cccc2F)c1. The summed E-state index contributed by atoms with van der Waals surface area (Å²) < 4.78 is 57.0. The summed E-state index contributed by atoms with van der Waals surface area (Å²) in [7, 11) is 0. The average Bonchev–Trinajstić information content (AvgIpc) is 3.57. The molecule has 48 heavy (non-hydrogen) atoms. The number of aliphatic imine (C=N–C) groups is 2. The van der Waals surface area contributed by atoms with Gasteiger partial charge in [-0.3, -0.25) is 9.98 Å². The lowest BCUT2D eigenvalue weighted by molar-refractivity contribution is 0.122. The second kappa shape index (κ2) is 16.1. The number of halogens is 3. The topological polar surface area (TPSA) is 99.5 Å². The van der Waals surface area contributed by atoms with E-state index >= 15 is 0 Å². The van der Waals surface area contributed by atoms with Gasteiger partial charge in [-0.25, -0.2) is 23.1 Å². The lowest BCUT2D eigenvalue weighted by atomic mass is 10.1. The Morgan fingerprint density at radius 1 is 0.958 bits per heavy atom. The van der Waals surface area contributed by atoms with Crippen molar-refractivity contribution in [2.45, 2.75) is 4.90 Å². The van der Waals surface area contributed by atoms with Gasteiger partial charge >= 0.3 is 0 Å². The van der Waals surface area contributed by atoms with E-state index in [1.165, 1.54) is 23.5 Å². The molecule has 6 rings (SSSR count). The van der Waals surface area contributed by atoms with Gasteiger partial charge in [-0.1, -0.05) is 17.4 Å². The maximum absolute atomic E-state index is 14.9. The molecule has 0 amide bonds. The molecule has 0 atom stereocenters. The van der Waals surface area contributed by atoms with E-state index in [1.54, 1.807) is 30.6 Å². The van der Waals surface area contributed by atoms with Gasteiger partial charge in [0.1, 0.15) is 29.9 Å². The third-order valence-electron chi connectivity index (χ3n) is 7.52. The molecule has 250 valence electrons. The number of pyridine rings is 1. The molecule has 10 nitrogen and oxygen atoms in total. The fourth-order valence-corrected chi connectivity index (χ4v) is 6.82. The van der Waals surface area contributed by atoms with E-state index in [2.05, 4.69) is 41.5 Å². The van der Waals surface area contributed by atoms with Crippen molar-refractivity contribution >= 4 is 64.2 Å². The van der Waals surface area contributed by atoms with Gasteiger partial charge in [0.15, 0.2) is 5.13 Å². The zero-order chi connectivity index (χ0) is 33.3. The predicted octanol–water partition coefficient (Wildman–Crippen LogP) is 6.60. The third kappa shape index (κ3) is 8.16. The molecular formula is C33H33F3N8O2S2. The molecule has 0 radical (unpaired) electrons. The van der Waals surface area contributed by atoms with Crippen LogP contribution in [0.2, 0.25) is 0 Å². The first-order valence-electron chi connectivity index (χ1n) is 15.2. The molecule has 2 fully saturated rings. The van der Waals surface area contributed by atoms with Gasteiger partial charge in [0.2, 0.25) is 0 Å². The number of thiazole rings is 1. The minimum atomic E-state index is -0.747. The number of nitrogens with zero attached hydrogens (tertiary/aromatic N) is 6. The molecule has 0 bridgehead atoms. The second-order valence-corrected chi connectivity index (χ2v) is 12.4. The molecular weight excluding hydrogens is 662 g/mol. The molecule has 2 aromatic heterocycles. The fourth-order valence-electron chi connectivity index (χ4n) is 4.99. The molecule has 0 unspecified atom stereocenters. The standard InChI is InChI=1S/C33H33F3N8O2S2/c1-37-27(9-10-38-21-40-23-6-8-29(39-20-23)43-11-15-45-16-12-43)32-30(41-33(47-32)44-13-17-46-18-14-44)22-5-7-24(34)28(19-22)42-48-31-25(35)3-2-4-26(31)36/h2-10,19-20,40,42H,1,11-18,21H2/b27-9-,38-10-. The monoisotopic (exact) mass is 694 g/mol. The number of nitrogens with one attached hydrogen (secondary N) is 2. The Labute approximate surface area is 284 Å². The normalized spacial score (nSPS) is 15.6. The van der Waals surface area contributed by atoms with E-state index in [4.69, 9.17) is 14.5 Å². The van der Waals surface area contributed by atoms with E-state index in [9.17, 15) is 13.2 Å². The maximum Gasteiger partial charge on any atom is 0.186 e. The molecule has 2 saturated heterocycles. The van der Waals surface area contributed by atoms with Gasteiger partial charge in [-0.05, 0) is 67.2 Å². The van der Waals surface area contributed by atoms with Crippen molar-refractivity contribution in [3.05, 3.63) is 83.1 Å². The van der Waals surface area contributed by atoms with Crippen molar-refractivity contribution in [1.29, 1.82) is 0 Å². The highest BCUT2D eigenvalue weighted by molar-refractivity contribution is 8.00. The third-order valence-corrected chi connectivity index (χ3v) is 9.57. The summed E-state index contributed by atoms with van der Waals surface area (Å²) in [5, 5.41) is 3.99. The number of ether oxygens (including phenoxy) is 2. The molecule has 2 N–H and O–H groups in total. The quantitative estimate of drug-likeness (QED) is 0.126. The summed E-state index contributed by atoms with van der Waals surface area (Å²) in [4.78, 5) is 23.0. The number of anilines is 4. The van der Waals surface area contributed by atoms with Crippen LogP contribution >= 0.6 is 23.3 Å². The predicted molar refractivity (Wildman–Crippen MR) is 188 cm³/mol. The molecule has 2 aliphatic rings. The van der Waals surface area contributed by atoms with Crippen LogP contribution in [0.25, 0.3) is 17.0 Å². The van der Waals surface area contributed by atoms with Crippen molar-refractivity contribution in [2.75, 3.05) is 79.1 Å². The van der Waals surface area contributed by atoms with E-state index in [0.717, 1.165) is 41.9 Å². The lowest BCUT2D eigenvalue weighted by Crippen LogP contribution is -2.36. The summed E-state index contributed by atoms with van der Waals surface area (Å²) in [5.41, 5.74) is 2.56. The summed E-state index contributed by atoms with van der Waals surface area (Å²) in [5.74, 6) is -1.17. The van der Waals surface area contributed by atoms with Crippen LogP contribution in [0.15, 0.2) is 75.7 Å². The average molecular weight is 695 g/mol. The van der Waals surface area contributed by atoms with Crippen molar-refractivity contribution in [1.82, 2.24) is 9.97 Å². The van der Waals surface area contributed by atoms with Crippen molar-refractivity contribution in [3.8, 4) is 11.3 Å². The molecule has 2 aromatic carbocycles. The van der Waals surface area contributed by atoms with Gasteiger partial charge in [-0.15, -0.1) is 0 Å². The van der Waals surface area contributed by atoms with Crippen molar-refractivity contribution in [2.24, 2.45) is 9.98 Å². The Morgan fingerprint density at radius 2 is 1.69 bits per heavy atom. The molecule has 0 spiro atoms. The number of hydrogen-bond acceptors (Lipinski definition) is 12. The number of rotatable bonds is 12. The number of morpholine rings is 2. The van der Waals surface area contributed by atoms with Crippen LogP contribution in [0.3, 0.4) is 0 Å². The van der Waals surface area contributed by atoms with E-state index < -0.39 is 17.5 Å². The van der Waals surface area contributed by atoms with Gasteiger partial charge < -0.3 is 29.3 Å². The fraction of sp³-hybridized carbons (Fsp3) is 0.273. The first kappa shape index (κ1) is 33.5. The van der Waals surface area contributed by atoms with Crippen molar-refractivity contribution in [3.63, 3.8) is 0 Å². The lowest BCUT2D eigenvalue weighted by Gasteiger charge is -2.27. The number of allylic oxidation sites excluding steroid dienone is 1. The number of aromatic nitrogens is 2. The highest BCUT2D eigenvalue weighted by Crippen LogP contribution is 2.40. The largest absolute Gasteiger partial charge is 0.378 e. The minimum absolute atomic E-state index is 0.0456. The molecule has 4 aromatic rings. The first-order valence-corrected chi connectivity index (χ1v) is 16.8. The summed E-state index contributed by atoms with van der Waals surface area (Å²) in [6.45, 7) is 9.62. The Morgan fingerprint density at radius 3 is 2.38 bits per heavy atom. The van der Waals surface area contributed by atoms with Crippen LogP contribution in [0.4, 0.5) is 35.5 Å². The van der Waals surface area contributed by atoms with Gasteiger partial charge in [0.05, 0.1) is 65.2 Å². The van der Waals surface area contributed by atoms with E-state index in [1.807, 2.05) is 12.1 Å². The summed E-state index contributed by atoms with van der Waals surface area (Å²) in [6.07, 6.45) is 5.16. The van der Waals surface area contributed by atoms with Gasteiger partial charge in [0, 0.05) is 38.0 Å². The van der Waals surface area contributed by atoms with Gasteiger partial charge in [-0.2, -0.15) is 0 Å². The van der Waals surface area contributed by atoms with Crippen molar-refractivity contribution < 1.29 is 22.6 Å². The molecule has 0 saturated carbocycles. The molecule has 4 heterocycles. The Balaban J connectivity index is 1.20. The Bertz CT molecular complexity index is 1750. The van der Waals surface area contributed by atoms with Crippen LogP contribution in [0, 0.1) is 17.5 Å². The highest BCUT2D eigenvalue weighted by Gasteiger charge is 2.22. The minimum Gasteiger partial charge on any atom is -0.378 e. The van der Waals surface area contributed by atoms with E-state index in [-0.39, 0.29) is 10.6 Å². The smallest absolute Gasteiger partial charge is 0.186 e. The zero-order valence-corrected chi connectivity index (χ0v) is 27.5. The first-order chi connectivity index (χ1) is 23.5. The molecule has 15 heteroatoms. The van der Waals surface area contributed by atoms with Gasteiger partial charge in [0.25, 0.3) is 0 Å². The maximum atomic E-state index is 14.9. The Kier molecular flexibility index (Phi) is 11.2. The molecule has 0 aliphatic carbocycles. The number of benzene rings is 2. The highest BCUT2D eigenvalue weighted by atomic mass is 32.2. The van der Waals surface area contributed by atoms with Crippen LogP contribution in [-0.4, -0.2) is 82.2 Å². The van der Waals surface area contributed by atoms with Crippen LogP contribution in [0.5, 0.6) is 0 Å². The molecule has 2 aliphatic heterocycles.